The molecule has 2 rings (SSSR count). The first kappa shape index (κ1) is 11.6. The summed E-state index contributed by atoms with van der Waals surface area (Å²) in [6, 6.07) is 3.11. The Morgan fingerprint density at radius 3 is 2.67 bits per heavy atom. The molecule has 2 N–H and O–H groups in total. The predicted molar refractivity (Wildman–Crippen MR) is 61.3 cm³/mol. The van der Waals surface area contributed by atoms with Crippen LogP contribution in [0.25, 0.3) is 16.9 Å². The van der Waals surface area contributed by atoms with Crippen molar-refractivity contribution in [3.8, 4) is 11.3 Å². The molecule has 2 aromatic heterocycles. The smallest absolute Gasteiger partial charge is 0.326 e. The van der Waals surface area contributed by atoms with Gasteiger partial charge in [0.05, 0.1) is 16.8 Å². The van der Waals surface area contributed by atoms with Gasteiger partial charge in [-0.1, -0.05) is 6.58 Å². The van der Waals surface area contributed by atoms with Crippen molar-refractivity contribution in [3.63, 3.8) is 0 Å². The van der Waals surface area contributed by atoms with Gasteiger partial charge < -0.3 is 14.6 Å². The minimum absolute atomic E-state index is 0.127. The number of hydrogen-bond acceptors (Lipinski definition) is 5. The Morgan fingerprint density at radius 1 is 1.44 bits per heavy atom. The first-order valence-corrected chi connectivity index (χ1v) is 4.81. The maximum atomic E-state index is 11.0. The minimum atomic E-state index is -0.890. The maximum absolute atomic E-state index is 11.0. The standard InChI is InChI=1S/C11H8N2O5/c1-6(11(12)14)10-9(13(15)16)7(5-18-10)8-3-2-4-17-8/h2-5H,1H2,(H2,12,14). The van der Waals surface area contributed by atoms with Crippen LogP contribution in [0.4, 0.5) is 5.69 Å². The van der Waals surface area contributed by atoms with Crippen LogP contribution >= 0.6 is 0 Å². The molecule has 92 valence electrons. The molecule has 1 amide bonds. The number of hydrogen-bond donors (Lipinski definition) is 1. The largest absolute Gasteiger partial charge is 0.464 e. The van der Waals surface area contributed by atoms with Gasteiger partial charge in [0.1, 0.15) is 17.6 Å². The molecule has 18 heavy (non-hydrogen) atoms. The van der Waals surface area contributed by atoms with E-state index in [1.165, 1.54) is 12.3 Å². The molecule has 0 aliphatic heterocycles. The van der Waals surface area contributed by atoms with Crippen LogP contribution in [0.1, 0.15) is 5.76 Å². The summed E-state index contributed by atoms with van der Waals surface area (Å²) in [7, 11) is 0. The van der Waals surface area contributed by atoms with Crippen molar-refractivity contribution in [1.82, 2.24) is 0 Å². The van der Waals surface area contributed by atoms with Crippen LogP contribution < -0.4 is 5.73 Å². The third-order valence-corrected chi connectivity index (χ3v) is 2.31. The summed E-state index contributed by atoms with van der Waals surface area (Å²) < 4.78 is 10.1. The van der Waals surface area contributed by atoms with E-state index in [1.54, 1.807) is 6.07 Å². The van der Waals surface area contributed by atoms with Gasteiger partial charge in [-0.05, 0) is 12.1 Å². The zero-order chi connectivity index (χ0) is 13.3. The highest BCUT2D eigenvalue weighted by Gasteiger charge is 2.30. The van der Waals surface area contributed by atoms with E-state index >= 15 is 0 Å². The predicted octanol–water partition coefficient (Wildman–Crippen LogP) is 1.95. The molecule has 0 saturated heterocycles. The fourth-order valence-corrected chi connectivity index (χ4v) is 1.47. The Morgan fingerprint density at radius 2 is 2.17 bits per heavy atom. The molecule has 7 heteroatoms. The molecular formula is C11H8N2O5. The van der Waals surface area contributed by atoms with Crippen LogP contribution in [0.2, 0.25) is 0 Å². The molecule has 0 bridgehead atoms. The number of nitrogens with two attached hydrogens (primary N) is 1. The topological polar surface area (TPSA) is 113 Å². The van der Waals surface area contributed by atoms with Crippen LogP contribution in [0.15, 0.2) is 40.1 Å². The number of carbonyl (C=O) groups excluding carboxylic acids is 1. The lowest BCUT2D eigenvalue weighted by Crippen LogP contribution is -2.12. The molecule has 0 aliphatic rings. The highest BCUT2D eigenvalue weighted by molar-refractivity contribution is 6.18. The monoisotopic (exact) mass is 248 g/mol. The number of amides is 1. The van der Waals surface area contributed by atoms with E-state index in [2.05, 4.69) is 6.58 Å². The average molecular weight is 248 g/mol. The lowest BCUT2D eigenvalue weighted by atomic mass is 10.1. The highest BCUT2D eigenvalue weighted by atomic mass is 16.6. The summed E-state index contributed by atoms with van der Waals surface area (Å²) in [5.41, 5.74) is 4.49. The van der Waals surface area contributed by atoms with Gasteiger partial charge in [0.15, 0.2) is 0 Å². The Labute approximate surface area is 101 Å². The van der Waals surface area contributed by atoms with Gasteiger partial charge in [-0.2, -0.15) is 0 Å². The summed E-state index contributed by atoms with van der Waals surface area (Å²) in [5, 5.41) is 11.0. The quantitative estimate of drug-likeness (QED) is 0.504. The number of furan rings is 2. The molecule has 0 atom stereocenters. The van der Waals surface area contributed by atoms with Gasteiger partial charge in [-0.25, -0.2) is 0 Å². The third-order valence-electron chi connectivity index (χ3n) is 2.31. The second-order valence-corrected chi connectivity index (χ2v) is 3.40. The second kappa shape index (κ2) is 4.21. The summed E-state index contributed by atoms with van der Waals surface area (Å²) >= 11 is 0. The highest BCUT2D eigenvalue weighted by Crippen LogP contribution is 2.37. The number of nitro groups is 1. The molecule has 7 nitrogen and oxygen atoms in total. The number of primary amides is 1. The lowest BCUT2D eigenvalue weighted by molar-refractivity contribution is -0.384. The summed E-state index contributed by atoms with van der Waals surface area (Å²) in [5.74, 6) is -0.897. The first-order valence-electron chi connectivity index (χ1n) is 4.81. The van der Waals surface area contributed by atoms with Crippen molar-refractivity contribution in [1.29, 1.82) is 0 Å². The van der Waals surface area contributed by atoms with Crippen LogP contribution in [-0.2, 0) is 4.79 Å². The van der Waals surface area contributed by atoms with Crippen LogP contribution in [-0.4, -0.2) is 10.8 Å². The number of rotatable bonds is 4. The van der Waals surface area contributed by atoms with Gasteiger partial charge in [-0.15, -0.1) is 0 Å². The number of nitrogens with zero attached hydrogens (tertiary/aromatic N) is 1. The van der Waals surface area contributed by atoms with Crippen molar-refractivity contribution < 1.29 is 18.6 Å². The van der Waals surface area contributed by atoms with Gasteiger partial charge in [0, 0.05) is 0 Å². The molecule has 0 aromatic carbocycles. The molecule has 0 fully saturated rings. The fraction of sp³-hybridized carbons (Fsp3) is 0. The normalized spacial score (nSPS) is 10.2. The molecule has 0 unspecified atom stereocenters. The van der Waals surface area contributed by atoms with Crippen molar-refractivity contribution >= 4 is 17.2 Å². The van der Waals surface area contributed by atoms with Crippen molar-refractivity contribution in [2.75, 3.05) is 0 Å². The Balaban J connectivity index is 2.61. The Kier molecular flexibility index (Phi) is 2.72. The van der Waals surface area contributed by atoms with Crippen molar-refractivity contribution in [3.05, 3.63) is 47.1 Å². The van der Waals surface area contributed by atoms with Crippen LogP contribution in [0.3, 0.4) is 0 Å². The third kappa shape index (κ3) is 1.77. The Hall–Kier alpha value is -2.83. The molecule has 0 radical (unpaired) electrons. The van der Waals surface area contributed by atoms with Crippen LogP contribution in [0, 0.1) is 10.1 Å². The molecular weight excluding hydrogens is 240 g/mol. The lowest BCUT2D eigenvalue weighted by Gasteiger charge is -1.96. The van der Waals surface area contributed by atoms with E-state index < -0.39 is 16.5 Å². The SMILES string of the molecule is C=C(C(N)=O)c1occ(-c2ccco2)c1[N+](=O)[O-]. The summed E-state index contributed by atoms with van der Waals surface area (Å²) in [4.78, 5) is 21.3. The average Bonchev–Trinajstić information content (AvgIpc) is 2.95. The number of carbonyl (C=O) groups is 1. The van der Waals surface area contributed by atoms with Crippen molar-refractivity contribution in [2.24, 2.45) is 5.73 Å². The molecule has 0 saturated carbocycles. The Bertz CT molecular complexity index is 624. The van der Waals surface area contributed by atoms with E-state index in [-0.39, 0.29) is 22.7 Å². The van der Waals surface area contributed by atoms with Gasteiger partial charge in [0.2, 0.25) is 5.76 Å². The van der Waals surface area contributed by atoms with E-state index in [4.69, 9.17) is 14.6 Å². The first-order chi connectivity index (χ1) is 8.52. The minimum Gasteiger partial charge on any atom is -0.464 e. The molecule has 2 aromatic rings. The zero-order valence-corrected chi connectivity index (χ0v) is 9.08. The van der Waals surface area contributed by atoms with E-state index in [0.29, 0.717) is 0 Å². The summed E-state index contributed by atoms with van der Waals surface area (Å²) in [6.45, 7) is 3.36. The van der Waals surface area contributed by atoms with Gasteiger partial charge in [0.25, 0.3) is 5.91 Å². The molecule has 0 aliphatic carbocycles. The van der Waals surface area contributed by atoms with E-state index in [9.17, 15) is 14.9 Å². The van der Waals surface area contributed by atoms with Gasteiger partial charge in [-0.3, -0.25) is 14.9 Å². The van der Waals surface area contributed by atoms with E-state index in [1.807, 2.05) is 0 Å². The fourth-order valence-electron chi connectivity index (χ4n) is 1.47. The summed E-state index contributed by atoms with van der Waals surface area (Å²) in [6.07, 6.45) is 2.50. The van der Waals surface area contributed by atoms with Crippen molar-refractivity contribution in [2.45, 2.75) is 0 Å². The maximum Gasteiger partial charge on any atom is 0.326 e. The van der Waals surface area contributed by atoms with Gasteiger partial charge >= 0.3 is 5.69 Å². The molecule has 2 heterocycles. The van der Waals surface area contributed by atoms with E-state index in [0.717, 1.165) is 6.26 Å². The zero-order valence-electron chi connectivity index (χ0n) is 9.08. The second-order valence-electron chi connectivity index (χ2n) is 3.40. The molecule has 0 spiro atoms. The van der Waals surface area contributed by atoms with Crippen LogP contribution in [0.5, 0.6) is 0 Å².